The van der Waals surface area contributed by atoms with Crippen molar-refractivity contribution in [2.45, 2.75) is 84.0 Å². The maximum absolute atomic E-state index is 13.1. The zero-order valence-electron chi connectivity index (χ0n) is 15.3. The van der Waals surface area contributed by atoms with Crippen LogP contribution in [0.1, 0.15) is 66.7 Å². The molecule has 1 aliphatic heterocycles. The zero-order valence-corrected chi connectivity index (χ0v) is 15.3. The Balaban J connectivity index is 2.03. The Labute approximate surface area is 140 Å². The summed E-state index contributed by atoms with van der Waals surface area (Å²) in [5.41, 5.74) is -1.30. The van der Waals surface area contributed by atoms with Crippen molar-refractivity contribution in [2.24, 2.45) is 22.7 Å². The van der Waals surface area contributed by atoms with Gasteiger partial charge in [0.05, 0.1) is 11.7 Å². The van der Waals surface area contributed by atoms with Crippen molar-refractivity contribution in [3.05, 3.63) is 12.7 Å². The van der Waals surface area contributed by atoms with E-state index in [1.54, 1.807) is 0 Å². The minimum atomic E-state index is -0.717. The van der Waals surface area contributed by atoms with Crippen LogP contribution < -0.4 is 0 Å². The van der Waals surface area contributed by atoms with Crippen LogP contribution in [0.3, 0.4) is 0 Å². The molecular weight excluding hydrogens is 288 g/mol. The number of aliphatic hydroxyl groups is 1. The summed E-state index contributed by atoms with van der Waals surface area (Å²) < 4.78 is 6.41. The SMILES string of the molecule is C=C[C@@]1(C)CC[C@@H]2[C@@]3(C)CC[C@H](O)C(C)(C)[C@@H]3CC(=O)[C@@]2(C)O1. The molecule has 2 aliphatic carbocycles. The van der Waals surface area contributed by atoms with Crippen LogP contribution in [0, 0.1) is 22.7 Å². The molecule has 23 heavy (non-hydrogen) atoms. The van der Waals surface area contributed by atoms with Crippen molar-refractivity contribution in [2.75, 3.05) is 0 Å². The molecule has 0 spiro atoms. The normalized spacial score (nSPS) is 52.4. The molecule has 0 aromatic heterocycles. The molecular formula is C20H32O3. The van der Waals surface area contributed by atoms with Crippen molar-refractivity contribution in [1.82, 2.24) is 0 Å². The number of ether oxygens (including phenoxy) is 1. The summed E-state index contributed by atoms with van der Waals surface area (Å²) in [7, 11) is 0. The molecule has 3 fully saturated rings. The van der Waals surface area contributed by atoms with Gasteiger partial charge in [-0.05, 0) is 56.3 Å². The minimum Gasteiger partial charge on any atom is -0.393 e. The Morgan fingerprint density at radius 3 is 2.39 bits per heavy atom. The predicted molar refractivity (Wildman–Crippen MR) is 91.1 cm³/mol. The van der Waals surface area contributed by atoms with Gasteiger partial charge in [-0.15, -0.1) is 6.58 Å². The number of hydrogen-bond donors (Lipinski definition) is 1. The van der Waals surface area contributed by atoms with Gasteiger partial charge < -0.3 is 9.84 Å². The Kier molecular flexibility index (Phi) is 3.67. The molecule has 2 saturated carbocycles. The van der Waals surface area contributed by atoms with Gasteiger partial charge in [-0.1, -0.05) is 26.8 Å². The van der Waals surface area contributed by atoms with Crippen LogP contribution in [0.2, 0.25) is 0 Å². The fourth-order valence-corrected chi connectivity index (χ4v) is 6.04. The molecule has 3 aliphatic rings. The van der Waals surface area contributed by atoms with Crippen molar-refractivity contribution >= 4 is 5.78 Å². The van der Waals surface area contributed by atoms with Gasteiger partial charge in [0.2, 0.25) is 0 Å². The minimum absolute atomic E-state index is 0.0495. The standard InChI is InChI=1S/C20H32O3/c1-7-18(4)10-8-13-19(5)11-9-15(21)17(2,3)14(19)12-16(22)20(13,6)23-18/h7,13-15,21H,1,8-12H2,2-6H3/t13-,14+,15+,18+,19-,20+/m1/s1. The summed E-state index contributed by atoms with van der Waals surface area (Å²) in [5.74, 6) is 0.655. The molecule has 0 aromatic carbocycles. The van der Waals surface area contributed by atoms with E-state index in [0.29, 0.717) is 6.42 Å². The molecule has 0 aromatic rings. The Bertz CT molecular complexity index is 539. The topological polar surface area (TPSA) is 46.5 Å². The average molecular weight is 320 g/mol. The lowest BCUT2D eigenvalue weighted by Crippen LogP contribution is -2.68. The van der Waals surface area contributed by atoms with E-state index in [1.807, 2.05) is 19.9 Å². The lowest BCUT2D eigenvalue weighted by Gasteiger charge is -2.64. The summed E-state index contributed by atoms with van der Waals surface area (Å²) in [6, 6.07) is 0. The first-order valence-electron chi connectivity index (χ1n) is 9.05. The molecule has 1 N–H and O–H groups in total. The number of hydrogen-bond acceptors (Lipinski definition) is 3. The van der Waals surface area contributed by atoms with Gasteiger partial charge in [0.25, 0.3) is 0 Å². The Morgan fingerprint density at radius 2 is 1.78 bits per heavy atom. The first-order valence-corrected chi connectivity index (χ1v) is 9.05. The first-order chi connectivity index (χ1) is 10.5. The van der Waals surface area contributed by atoms with Gasteiger partial charge in [0.1, 0.15) is 5.60 Å². The molecule has 0 bridgehead atoms. The van der Waals surface area contributed by atoms with Crippen LogP contribution >= 0.6 is 0 Å². The van der Waals surface area contributed by atoms with E-state index in [0.717, 1.165) is 25.7 Å². The van der Waals surface area contributed by atoms with Gasteiger partial charge in [-0.2, -0.15) is 0 Å². The van der Waals surface area contributed by atoms with E-state index in [1.165, 1.54) is 0 Å². The number of carbonyl (C=O) groups is 1. The number of ketones is 1. The molecule has 3 rings (SSSR count). The molecule has 1 saturated heterocycles. The quantitative estimate of drug-likeness (QED) is 0.746. The number of Topliss-reactive ketones (excluding diaryl/α,β-unsaturated/α-hetero) is 1. The molecule has 3 heteroatoms. The summed E-state index contributed by atoms with van der Waals surface area (Å²) >= 11 is 0. The fraction of sp³-hybridized carbons (Fsp3) is 0.850. The number of rotatable bonds is 1. The number of fused-ring (bicyclic) bond motifs is 3. The number of carbonyl (C=O) groups excluding carboxylic acids is 1. The zero-order chi connectivity index (χ0) is 17.3. The van der Waals surface area contributed by atoms with Crippen LogP contribution in [-0.4, -0.2) is 28.2 Å². The molecule has 0 amide bonds. The molecule has 0 unspecified atom stereocenters. The van der Waals surface area contributed by atoms with Crippen molar-refractivity contribution < 1.29 is 14.6 Å². The third-order valence-electron chi connectivity index (χ3n) is 7.72. The highest BCUT2D eigenvalue weighted by Crippen LogP contribution is 2.64. The van der Waals surface area contributed by atoms with Gasteiger partial charge in [0.15, 0.2) is 5.78 Å². The monoisotopic (exact) mass is 320 g/mol. The third kappa shape index (κ3) is 2.19. The second-order valence-corrected chi connectivity index (χ2v) is 9.38. The van der Waals surface area contributed by atoms with E-state index < -0.39 is 11.2 Å². The van der Waals surface area contributed by atoms with Crippen LogP contribution in [0.4, 0.5) is 0 Å². The van der Waals surface area contributed by atoms with Crippen molar-refractivity contribution in [3.8, 4) is 0 Å². The summed E-state index contributed by atoms with van der Waals surface area (Å²) in [4.78, 5) is 13.1. The highest BCUT2D eigenvalue weighted by molar-refractivity contribution is 5.89. The maximum Gasteiger partial charge on any atom is 0.165 e. The molecule has 130 valence electrons. The van der Waals surface area contributed by atoms with Crippen molar-refractivity contribution in [1.29, 1.82) is 0 Å². The van der Waals surface area contributed by atoms with Gasteiger partial charge >= 0.3 is 0 Å². The molecule has 6 atom stereocenters. The second-order valence-electron chi connectivity index (χ2n) is 9.38. The summed E-state index contributed by atoms with van der Waals surface area (Å²) in [6.45, 7) is 14.6. The third-order valence-corrected chi connectivity index (χ3v) is 7.72. The smallest absolute Gasteiger partial charge is 0.165 e. The van der Waals surface area contributed by atoms with Crippen molar-refractivity contribution in [3.63, 3.8) is 0 Å². The van der Waals surface area contributed by atoms with Crippen LogP contribution in [-0.2, 0) is 9.53 Å². The maximum atomic E-state index is 13.1. The fourth-order valence-electron chi connectivity index (χ4n) is 6.04. The van der Waals surface area contributed by atoms with Gasteiger partial charge in [-0.3, -0.25) is 4.79 Å². The van der Waals surface area contributed by atoms with E-state index in [4.69, 9.17) is 4.74 Å². The molecule has 3 nitrogen and oxygen atoms in total. The Hall–Kier alpha value is -0.670. The summed E-state index contributed by atoms with van der Waals surface area (Å²) in [5, 5.41) is 10.5. The van der Waals surface area contributed by atoms with Gasteiger partial charge in [-0.25, -0.2) is 0 Å². The predicted octanol–water partition coefficient (Wildman–Crippen LogP) is 3.89. The largest absolute Gasteiger partial charge is 0.393 e. The second kappa shape index (κ2) is 4.92. The average Bonchev–Trinajstić information content (AvgIpc) is 2.47. The highest BCUT2D eigenvalue weighted by atomic mass is 16.5. The van der Waals surface area contributed by atoms with E-state index >= 15 is 0 Å². The first kappa shape index (κ1) is 17.2. The number of aliphatic hydroxyl groups excluding tert-OH is 1. The molecule has 1 heterocycles. The van der Waals surface area contributed by atoms with Crippen LogP contribution in [0.25, 0.3) is 0 Å². The van der Waals surface area contributed by atoms with Crippen LogP contribution in [0.5, 0.6) is 0 Å². The Morgan fingerprint density at radius 1 is 1.13 bits per heavy atom. The van der Waals surface area contributed by atoms with E-state index in [9.17, 15) is 9.90 Å². The van der Waals surface area contributed by atoms with E-state index in [2.05, 4.69) is 27.4 Å². The van der Waals surface area contributed by atoms with E-state index in [-0.39, 0.29) is 34.6 Å². The lowest BCUT2D eigenvalue weighted by molar-refractivity contribution is -0.247. The lowest BCUT2D eigenvalue weighted by atomic mass is 9.43. The van der Waals surface area contributed by atoms with Crippen LogP contribution in [0.15, 0.2) is 12.7 Å². The molecule has 0 radical (unpaired) electrons. The van der Waals surface area contributed by atoms with Gasteiger partial charge in [0, 0.05) is 12.3 Å². The summed E-state index contributed by atoms with van der Waals surface area (Å²) in [6.07, 6.45) is 5.74. The highest BCUT2D eigenvalue weighted by Gasteiger charge is 2.66.